The molecule has 5 heteroatoms. The van der Waals surface area contributed by atoms with Crippen LogP contribution in [0.4, 0.5) is 8.78 Å². The van der Waals surface area contributed by atoms with Gasteiger partial charge in [-0.2, -0.15) is 8.78 Å². The quantitative estimate of drug-likeness (QED) is 0.757. The number of allylic oxidation sites excluding steroid dienone is 1. The molecule has 0 spiro atoms. The fourth-order valence-electron chi connectivity index (χ4n) is 2.00. The first-order valence-electron chi connectivity index (χ1n) is 7.53. The van der Waals surface area contributed by atoms with Crippen molar-refractivity contribution < 1.29 is 13.6 Å². The topological polar surface area (TPSA) is 41.1 Å². The number of benzene rings is 1. The molecule has 1 aromatic rings. The molecule has 1 rings (SSSR count). The van der Waals surface area contributed by atoms with E-state index in [0.29, 0.717) is 17.7 Å². The third kappa shape index (κ3) is 5.10. The second kappa shape index (κ2) is 8.33. The monoisotopic (exact) mass is 320 g/mol. The zero-order valence-electron chi connectivity index (χ0n) is 13.7. The van der Waals surface area contributed by atoms with Gasteiger partial charge in [-0.05, 0) is 37.6 Å². The molecule has 0 unspecified atom stereocenters. The molecule has 0 radical (unpaired) electrons. The van der Waals surface area contributed by atoms with E-state index in [1.807, 2.05) is 6.92 Å². The SMILES string of the molecule is C#Cc1cc(C(=O)NC/C=C(\NCC)C(F)(F)CC)ccc1C. The molecule has 0 aromatic heterocycles. The second-order valence-electron chi connectivity index (χ2n) is 5.09. The van der Waals surface area contributed by atoms with E-state index in [2.05, 4.69) is 16.6 Å². The Morgan fingerprint density at radius 1 is 1.35 bits per heavy atom. The minimum Gasteiger partial charge on any atom is -0.384 e. The van der Waals surface area contributed by atoms with Crippen molar-refractivity contribution in [2.45, 2.75) is 33.1 Å². The summed E-state index contributed by atoms with van der Waals surface area (Å²) in [5.74, 6) is -0.775. The summed E-state index contributed by atoms with van der Waals surface area (Å²) in [6.07, 6.45) is 6.38. The first-order chi connectivity index (χ1) is 10.9. The smallest absolute Gasteiger partial charge is 0.286 e. The summed E-state index contributed by atoms with van der Waals surface area (Å²) in [4.78, 5) is 12.1. The maximum Gasteiger partial charge on any atom is 0.286 e. The van der Waals surface area contributed by atoms with Gasteiger partial charge in [0.25, 0.3) is 11.8 Å². The predicted octanol–water partition coefficient (Wildman–Crippen LogP) is 3.24. The third-order valence-electron chi connectivity index (χ3n) is 3.43. The van der Waals surface area contributed by atoms with E-state index in [0.717, 1.165) is 5.56 Å². The fraction of sp³-hybridized carbons (Fsp3) is 0.389. The van der Waals surface area contributed by atoms with E-state index in [4.69, 9.17) is 6.42 Å². The van der Waals surface area contributed by atoms with Crippen LogP contribution in [-0.4, -0.2) is 24.9 Å². The van der Waals surface area contributed by atoms with Crippen molar-refractivity contribution in [1.82, 2.24) is 10.6 Å². The van der Waals surface area contributed by atoms with Gasteiger partial charge in [0, 0.05) is 30.6 Å². The first kappa shape index (κ1) is 18.7. The van der Waals surface area contributed by atoms with Gasteiger partial charge >= 0.3 is 0 Å². The first-order valence-corrected chi connectivity index (χ1v) is 7.53. The average molecular weight is 320 g/mol. The lowest BCUT2D eigenvalue weighted by atomic mass is 10.1. The Balaban J connectivity index is 2.79. The van der Waals surface area contributed by atoms with Crippen molar-refractivity contribution in [3.05, 3.63) is 46.7 Å². The van der Waals surface area contributed by atoms with Gasteiger partial charge in [0.2, 0.25) is 0 Å². The van der Waals surface area contributed by atoms with Crippen molar-refractivity contribution in [3.8, 4) is 12.3 Å². The van der Waals surface area contributed by atoms with Crippen molar-refractivity contribution in [2.24, 2.45) is 0 Å². The lowest BCUT2D eigenvalue weighted by Crippen LogP contribution is -2.31. The van der Waals surface area contributed by atoms with Crippen LogP contribution in [0.25, 0.3) is 0 Å². The minimum absolute atomic E-state index is 0.00994. The summed E-state index contributed by atoms with van der Waals surface area (Å²) in [6, 6.07) is 5.02. The third-order valence-corrected chi connectivity index (χ3v) is 3.43. The number of carbonyl (C=O) groups excluding carboxylic acids is 1. The Hall–Kier alpha value is -2.35. The lowest BCUT2D eigenvalue weighted by molar-refractivity contribution is 0.0302. The molecule has 1 amide bonds. The molecular formula is C18H22F2N2O. The summed E-state index contributed by atoms with van der Waals surface area (Å²) < 4.78 is 27.5. The summed E-state index contributed by atoms with van der Waals surface area (Å²) >= 11 is 0. The van der Waals surface area contributed by atoms with Crippen LogP contribution in [0.5, 0.6) is 0 Å². The summed E-state index contributed by atoms with van der Waals surface area (Å²) in [6.45, 7) is 5.41. The van der Waals surface area contributed by atoms with Gasteiger partial charge in [0.15, 0.2) is 0 Å². The number of halogens is 2. The van der Waals surface area contributed by atoms with Gasteiger partial charge in [-0.1, -0.05) is 18.9 Å². The minimum atomic E-state index is -2.93. The Bertz CT molecular complexity index is 630. The van der Waals surface area contributed by atoms with Gasteiger partial charge in [0.1, 0.15) is 0 Å². The van der Waals surface area contributed by atoms with Crippen LogP contribution in [0.1, 0.15) is 41.8 Å². The molecule has 0 aliphatic heterocycles. The van der Waals surface area contributed by atoms with Gasteiger partial charge in [-0.15, -0.1) is 6.42 Å². The predicted molar refractivity (Wildman–Crippen MR) is 88.4 cm³/mol. The Kier molecular flexibility index (Phi) is 6.77. The molecule has 0 aliphatic rings. The van der Waals surface area contributed by atoms with Crippen molar-refractivity contribution in [2.75, 3.05) is 13.1 Å². The molecule has 0 aliphatic carbocycles. The van der Waals surface area contributed by atoms with E-state index in [-0.39, 0.29) is 24.6 Å². The van der Waals surface area contributed by atoms with Crippen LogP contribution in [-0.2, 0) is 0 Å². The van der Waals surface area contributed by atoms with E-state index < -0.39 is 5.92 Å². The molecule has 0 atom stereocenters. The number of alkyl halides is 2. The second-order valence-corrected chi connectivity index (χ2v) is 5.09. The maximum atomic E-state index is 13.7. The Labute approximate surface area is 136 Å². The van der Waals surface area contributed by atoms with Crippen LogP contribution in [0.3, 0.4) is 0 Å². The zero-order valence-corrected chi connectivity index (χ0v) is 13.7. The van der Waals surface area contributed by atoms with Crippen LogP contribution >= 0.6 is 0 Å². The lowest BCUT2D eigenvalue weighted by Gasteiger charge is -2.19. The molecule has 1 aromatic carbocycles. The van der Waals surface area contributed by atoms with Gasteiger partial charge in [-0.25, -0.2) is 0 Å². The average Bonchev–Trinajstić information content (AvgIpc) is 2.54. The molecule has 2 N–H and O–H groups in total. The van der Waals surface area contributed by atoms with Gasteiger partial charge < -0.3 is 10.6 Å². The normalized spacial score (nSPS) is 11.7. The number of nitrogens with one attached hydrogen (secondary N) is 2. The number of rotatable bonds is 7. The molecule has 124 valence electrons. The highest BCUT2D eigenvalue weighted by Gasteiger charge is 2.31. The van der Waals surface area contributed by atoms with Crippen LogP contribution in [0.15, 0.2) is 30.0 Å². The molecule has 0 fully saturated rings. The number of aryl methyl sites for hydroxylation is 1. The number of terminal acetylenes is 1. The van der Waals surface area contributed by atoms with Crippen molar-refractivity contribution in [3.63, 3.8) is 0 Å². The Morgan fingerprint density at radius 3 is 2.61 bits per heavy atom. The van der Waals surface area contributed by atoms with Crippen LogP contribution in [0, 0.1) is 19.3 Å². The van der Waals surface area contributed by atoms with Crippen LogP contribution < -0.4 is 10.6 Å². The highest BCUT2D eigenvalue weighted by Crippen LogP contribution is 2.25. The molecule has 3 nitrogen and oxygen atoms in total. The molecule has 0 bridgehead atoms. The van der Waals surface area contributed by atoms with Crippen LogP contribution in [0.2, 0.25) is 0 Å². The summed E-state index contributed by atoms with van der Waals surface area (Å²) in [5.41, 5.74) is 1.78. The molecule has 0 saturated carbocycles. The highest BCUT2D eigenvalue weighted by molar-refractivity contribution is 5.94. The maximum absolute atomic E-state index is 13.7. The van der Waals surface area contributed by atoms with Crippen molar-refractivity contribution >= 4 is 5.91 Å². The van der Waals surface area contributed by atoms with Gasteiger partial charge in [0.05, 0.1) is 5.70 Å². The zero-order chi connectivity index (χ0) is 17.5. The number of hydrogen-bond donors (Lipinski definition) is 2. The molecule has 23 heavy (non-hydrogen) atoms. The van der Waals surface area contributed by atoms with Gasteiger partial charge in [-0.3, -0.25) is 4.79 Å². The summed E-state index contributed by atoms with van der Waals surface area (Å²) in [5, 5.41) is 5.24. The standard InChI is InChI=1S/C18H22F2N2O/c1-5-14-12-15(9-8-13(14)4)17(23)22-11-10-16(21-7-3)18(19,20)6-2/h1,8-10,12,21H,6-7,11H2,2-4H3,(H,22,23)/b16-10-. The number of hydrogen-bond acceptors (Lipinski definition) is 2. The number of amides is 1. The van der Waals surface area contributed by atoms with E-state index >= 15 is 0 Å². The van der Waals surface area contributed by atoms with E-state index in [1.54, 1.807) is 25.1 Å². The highest BCUT2D eigenvalue weighted by atomic mass is 19.3. The fourth-order valence-corrected chi connectivity index (χ4v) is 2.00. The summed E-state index contributed by atoms with van der Waals surface area (Å²) in [7, 11) is 0. The van der Waals surface area contributed by atoms with E-state index in [9.17, 15) is 13.6 Å². The van der Waals surface area contributed by atoms with Crippen molar-refractivity contribution in [1.29, 1.82) is 0 Å². The number of carbonyl (C=O) groups is 1. The molecule has 0 saturated heterocycles. The Morgan fingerprint density at radius 2 is 2.04 bits per heavy atom. The largest absolute Gasteiger partial charge is 0.384 e. The molecular weight excluding hydrogens is 298 g/mol. The van der Waals surface area contributed by atoms with E-state index in [1.165, 1.54) is 13.0 Å². The molecule has 0 heterocycles.